The molecular formula is C38H28N6. The average Bonchev–Trinajstić information content (AvgIpc) is 3.57. The van der Waals surface area contributed by atoms with Crippen LogP contribution in [0.2, 0.25) is 0 Å². The van der Waals surface area contributed by atoms with Crippen LogP contribution in [0.25, 0.3) is 49.9 Å². The fourth-order valence-corrected chi connectivity index (χ4v) is 6.79. The third-order valence-electron chi connectivity index (χ3n) is 8.88. The number of anilines is 3. The fourth-order valence-electron chi connectivity index (χ4n) is 6.79. The minimum absolute atomic E-state index is 0.820. The van der Waals surface area contributed by atoms with E-state index in [2.05, 4.69) is 136 Å². The maximum atomic E-state index is 5.41. The lowest BCUT2D eigenvalue weighted by Crippen LogP contribution is -2.16. The van der Waals surface area contributed by atoms with Crippen molar-refractivity contribution in [3.63, 3.8) is 0 Å². The van der Waals surface area contributed by atoms with E-state index in [0.29, 0.717) is 0 Å². The molecule has 6 heterocycles. The Morgan fingerprint density at radius 2 is 1.39 bits per heavy atom. The van der Waals surface area contributed by atoms with Gasteiger partial charge in [0.05, 0.1) is 16.9 Å². The third kappa shape index (κ3) is 3.71. The van der Waals surface area contributed by atoms with Gasteiger partial charge in [0.15, 0.2) is 0 Å². The second-order valence-electron chi connectivity index (χ2n) is 11.4. The molecule has 0 spiro atoms. The minimum atomic E-state index is 0.820. The number of rotatable bonds is 3. The molecule has 0 aliphatic carbocycles. The van der Waals surface area contributed by atoms with Gasteiger partial charge in [0.25, 0.3) is 0 Å². The van der Waals surface area contributed by atoms with Crippen LogP contribution in [0.15, 0.2) is 128 Å². The van der Waals surface area contributed by atoms with E-state index >= 15 is 0 Å². The number of benzene rings is 3. The molecule has 0 atom stereocenters. The van der Waals surface area contributed by atoms with Gasteiger partial charge >= 0.3 is 0 Å². The Hall–Kier alpha value is -5.75. The van der Waals surface area contributed by atoms with Gasteiger partial charge < -0.3 is 4.57 Å². The zero-order valence-corrected chi connectivity index (χ0v) is 24.2. The van der Waals surface area contributed by atoms with Gasteiger partial charge in [0.2, 0.25) is 0 Å². The summed E-state index contributed by atoms with van der Waals surface area (Å²) < 4.78 is 4.32. The second-order valence-corrected chi connectivity index (χ2v) is 11.4. The van der Waals surface area contributed by atoms with Gasteiger partial charge in [-0.3, -0.25) is 9.47 Å². The molecular weight excluding hydrogens is 540 g/mol. The quantitative estimate of drug-likeness (QED) is 0.214. The Kier molecular flexibility index (Phi) is 5.44. The lowest BCUT2D eigenvalue weighted by atomic mass is 10.0. The van der Waals surface area contributed by atoms with E-state index in [-0.39, 0.29) is 0 Å². The highest BCUT2D eigenvalue weighted by molar-refractivity contribution is 6.07. The fraction of sp³-hybridized carbons (Fsp3) is 0.0789. The van der Waals surface area contributed by atoms with Crippen LogP contribution in [-0.4, -0.2) is 24.1 Å². The zero-order valence-electron chi connectivity index (χ0n) is 24.2. The molecule has 0 amide bonds. The number of pyridine rings is 3. The number of fused-ring (bicyclic) bond motifs is 6. The van der Waals surface area contributed by atoms with Crippen molar-refractivity contribution in [2.75, 3.05) is 4.90 Å². The summed E-state index contributed by atoms with van der Waals surface area (Å²) in [7, 11) is 2.08. The number of aromatic nitrogens is 5. The van der Waals surface area contributed by atoms with Crippen LogP contribution >= 0.6 is 0 Å². The largest absolute Gasteiger partial charge is 0.351 e. The van der Waals surface area contributed by atoms with E-state index in [1.807, 2.05) is 12.3 Å². The summed E-state index contributed by atoms with van der Waals surface area (Å²) >= 11 is 0. The summed E-state index contributed by atoms with van der Waals surface area (Å²) in [4.78, 5) is 17.8. The summed E-state index contributed by atoms with van der Waals surface area (Å²) in [6.07, 6.45) is 5.80. The predicted octanol–water partition coefficient (Wildman–Crippen LogP) is 8.70. The van der Waals surface area contributed by atoms with Crippen molar-refractivity contribution in [1.29, 1.82) is 0 Å². The highest BCUT2D eigenvalue weighted by atomic mass is 15.3. The molecule has 3 aromatic carbocycles. The highest BCUT2D eigenvalue weighted by Crippen LogP contribution is 2.42. The maximum Gasteiger partial charge on any atom is 0.146 e. The molecule has 6 nitrogen and oxygen atoms in total. The Morgan fingerprint density at radius 3 is 2.36 bits per heavy atom. The number of aryl methyl sites for hydroxylation is 3. The van der Waals surface area contributed by atoms with E-state index in [9.17, 15) is 0 Å². The van der Waals surface area contributed by atoms with E-state index in [1.165, 1.54) is 22.0 Å². The molecule has 44 heavy (non-hydrogen) atoms. The van der Waals surface area contributed by atoms with Crippen LogP contribution in [-0.2, 0) is 19.9 Å². The van der Waals surface area contributed by atoms with Gasteiger partial charge in [-0.05, 0) is 78.6 Å². The average molecular weight is 569 g/mol. The summed E-state index contributed by atoms with van der Waals surface area (Å²) in [6.45, 7) is 0. The van der Waals surface area contributed by atoms with Crippen molar-refractivity contribution < 1.29 is 0 Å². The Morgan fingerprint density at radius 1 is 0.591 bits per heavy atom. The van der Waals surface area contributed by atoms with Crippen molar-refractivity contribution in [2.24, 2.45) is 7.05 Å². The summed E-state index contributed by atoms with van der Waals surface area (Å²) in [6, 6.07) is 40.5. The number of para-hydroxylation sites is 2. The zero-order chi connectivity index (χ0) is 29.2. The molecule has 0 unspecified atom stereocenters. The molecule has 8 aromatic rings. The summed E-state index contributed by atoms with van der Waals surface area (Å²) in [5.74, 6) is 2.56. The van der Waals surface area contributed by atoms with Crippen LogP contribution < -0.4 is 4.90 Å². The van der Waals surface area contributed by atoms with Crippen molar-refractivity contribution in [1.82, 2.24) is 24.1 Å². The third-order valence-corrected chi connectivity index (χ3v) is 8.88. The van der Waals surface area contributed by atoms with Crippen molar-refractivity contribution in [3.8, 4) is 17.1 Å². The maximum absolute atomic E-state index is 5.41. The van der Waals surface area contributed by atoms with Crippen molar-refractivity contribution >= 4 is 50.2 Å². The van der Waals surface area contributed by atoms with Crippen LogP contribution in [0.5, 0.6) is 0 Å². The first-order chi connectivity index (χ1) is 21.7. The second kappa shape index (κ2) is 9.64. The highest BCUT2D eigenvalue weighted by Gasteiger charge is 2.26. The molecule has 6 heteroatoms. The monoisotopic (exact) mass is 568 g/mol. The first-order valence-electron chi connectivity index (χ1n) is 15.0. The van der Waals surface area contributed by atoms with E-state index < -0.39 is 0 Å². The van der Waals surface area contributed by atoms with Crippen molar-refractivity contribution in [2.45, 2.75) is 12.8 Å². The van der Waals surface area contributed by atoms with Gasteiger partial charge in [-0.1, -0.05) is 60.7 Å². The molecule has 0 N–H and O–H groups in total. The molecule has 0 fully saturated rings. The van der Waals surface area contributed by atoms with E-state index in [4.69, 9.17) is 15.0 Å². The topological polar surface area (TPSA) is 51.8 Å². The standard InChI is InChI=1S/C38H28N6/c1-42-24-22-29-27(11-6-15-33(29)42)31-21-20-26-19-18-25-9-2-4-13-32(25)43(37(26)40-31)35-16-7-17-36(41-35)44-34-14-5-3-10-28(34)30-12-8-23-39-38(30)44/h2-17,20-24H,18-19H2,1H3. The Labute approximate surface area is 254 Å². The first-order valence-corrected chi connectivity index (χ1v) is 15.0. The number of nitrogens with zero attached hydrogens (tertiary/aromatic N) is 6. The van der Waals surface area contributed by atoms with Gasteiger partial charge in [-0.2, -0.15) is 0 Å². The van der Waals surface area contributed by atoms with E-state index in [0.717, 1.165) is 69.2 Å². The van der Waals surface area contributed by atoms with Crippen LogP contribution in [0.4, 0.5) is 17.3 Å². The number of hydrogen-bond donors (Lipinski definition) is 0. The Balaban J connectivity index is 1.27. The van der Waals surface area contributed by atoms with Crippen LogP contribution in [0, 0.1) is 0 Å². The predicted molar refractivity (Wildman–Crippen MR) is 178 cm³/mol. The summed E-state index contributed by atoms with van der Waals surface area (Å²) in [5.41, 5.74) is 8.84. The van der Waals surface area contributed by atoms with E-state index in [1.54, 1.807) is 0 Å². The SMILES string of the molecule is Cn1ccc2c(-c3ccc4c(n3)N(c3cccc(-n5c6ccccc6c6cccnc65)n3)c3ccccc3CC4)cccc21. The lowest BCUT2D eigenvalue weighted by Gasteiger charge is -2.26. The molecule has 0 saturated carbocycles. The molecule has 1 aliphatic heterocycles. The number of hydrogen-bond acceptors (Lipinski definition) is 4. The molecule has 1 aliphatic rings. The van der Waals surface area contributed by atoms with Gasteiger partial charge in [-0.25, -0.2) is 15.0 Å². The van der Waals surface area contributed by atoms with Crippen LogP contribution in [0.1, 0.15) is 11.1 Å². The normalized spacial score (nSPS) is 12.9. The minimum Gasteiger partial charge on any atom is -0.351 e. The first kappa shape index (κ1) is 24.8. The molecule has 0 bridgehead atoms. The van der Waals surface area contributed by atoms with Crippen molar-refractivity contribution in [3.05, 3.63) is 139 Å². The van der Waals surface area contributed by atoms with Crippen LogP contribution in [0.3, 0.4) is 0 Å². The van der Waals surface area contributed by atoms with Gasteiger partial charge in [-0.15, -0.1) is 0 Å². The molecule has 9 rings (SSSR count). The molecule has 0 radical (unpaired) electrons. The Bertz CT molecular complexity index is 2330. The van der Waals surface area contributed by atoms with Gasteiger partial charge in [0, 0.05) is 46.7 Å². The molecule has 0 saturated heterocycles. The molecule has 5 aromatic heterocycles. The smallest absolute Gasteiger partial charge is 0.146 e. The summed E-state index contributed by atoms with van der Waals surface area (Å²) in [5, 5.41) is 3.47. The molecule has 210 valence electrons. The van der Waals surface area contributed by atoms with Gasteiger partial charge in [0.1, 0.15) is 23.1 Å². The lowest BCUT2D eigenvalue weighted by molar-refractivity contribution is 0.969.